The molecule has 2 fully saturated rings. The second kappa shape index (κ2) is 7.86. The molecule has 0 unspecified atom stereocenters. The summed E-state index contributed by atoms with van der Waals surface area (Å²) in [5.74, 6) is -2.29. The molecule has 1 aromatic rings. The van der Waals surface area contributed by atoms with Crippen molar-refractivity contribution in [1.29, 1.82) is 0 Å². The van der Waals surface area contributed by atoms with E-state index in [1.165, 1.54) is 28.0 Å². The van der Waals surface area contributed by atoms with Gasteiger partial charge in [-0.1, -0.05) is 6.92 Å². The third-order valence-electron chi connectivity index (χ3n) is 5.79. The molecule has 30 heavy (non-hydrogen) atoms. The standard InChI is InChI=1S/C19H24N4O5S2/c1-4-20-16(25)11-7-29-19(21-11)22-5-10(6-22)30-15-8(2)13-12(9(3)24)17(26)23(13)14(15)18(27)28/h7-10,12-13,24H,4-6H2,1-3H3,(H,20,25)(H,27,28)/t8-,9-,12-,13-/m1/s1. The first-order valence-corrected chi connectivity index (χ1v) is 11.6. The molecule has 2 saturated heterocycles. The Morgan fingerprint density at radius 3 is 2.73 bits per heavy atom. The summed E-state index contributed by atoms with van der Waals surface area (Å²) in [5.41, 5.74) is 0.464. The van der Waals surface area contributed by atoms with Gasteiger partial charge < -0.3 is 25.3 Å². The Balaban J connectivity index is 1.43. The van der Waals surface area contributed by atoms with Crippen LogP contribution in [0.3, 0.4) is 0 Å². The number of amides is 2. The van der Waals surface area contributed by atoms with Gasteiger partial charge >= 0.3 is 5.97 Å². The lowest BCUT2D eigenvalue weighted by Gasteiger charge is -2.46. The van der Waals surface area contributed by atoms with Crippen molar-refractivity contribution in [2.24, 2.45) is 11.8 Å². The van der Waals surface area contributed by atoms with Crippen molar-refractivity contribution < 1.29 is 24.6 Å². The molecule has 2 amide bonds. The minimum absolute atomic E-state index is 0.0608. The first-order valence-electron chi connectivity index (χ1n) is 9.88. The molecule has 4 atom stereocenters. The number of hydrogen-bond acceptors (Lipinski definition) is 8. The fourth-order valence-electron chi connectivity index (χ4n) is 4.29. The summed E-state index contributed by atoms with van der Waals surface area (Å²) in [6, 6.07) is -0.291. The first kappa shape index (κ1) is 21.1. The largest absolute Gasteiger partial charge is 0.477 e. The number of nitrogens with zero attached hydrogens (tertiary/aromatic N) is 3. The van der Waals surface area contributed by atoms with Gasteiger partial charge in [0, 0.05) is 41.1 Å². The van der Waals surface area contributed by atoms with Crippen LogP contribution in [0.15, 0.2) is 16.0 Å². The smallest absolute Gasteiger partial charge is 0.353 e. The summed E-state index contributed by atoms with van der Waals surface area (Å²) in [6.07, 6.45) is -0.802. The highest BCUT2D eigenvalue weighted by Crippen LogP contribution is 2.52. The van der Waals surface area contributed by atoms with E-state index in [9.17, 15) is 24.6 Å². The number of anilines is 1. The van der Waals surface area contributed by atoms with Crippen LogP contribution in [0.25, 0.3) is 0 Å². The first-order chi connectivity index (χ1) is 14.2. The fourth-order valence-corrected chi connectivity index (χ4v) is 6.64. The molecule has 4 heterocycles. The number of carbonyl (C=O) groups is 3. The number of rotatable bonds is 7. The maximum atomic E-state index is 12.4. The van der Waals surface area contributed by atoms with Crippen LogP contribution in [0.5, 0.6) is 0 Å². The molecule has 4 rings (SSSR count). The highest BCUT2D eigenvalue weighted by atomic mass is 32.2. The molecule has 0 spiro atoms. The van der Waals surface area contributed by atoms with Crippen LogP contribution >= 0.6 is 23.1 Å². The molecule has 9 nitrogen and oxygen atoms in total. The zero-order valence-electron chi connectivity index (χ0n) is 16.9. The molecule has 1 aromatic heterocycles. The van der Waals surface area contributed by atoms with E-state index in [0.717, 1.165) is 5.13 Å². The Bertz CT molecular complexity index is 924. The number of carbonyl (C=O) groups excluding carboxylic acids is 2. The Morgan fingerprint density at radius 1 is 1.43 bits per heavy atom. The van der Waals surface area contributed by atoms with Gasteiger partial charge in [0.25, 0.3) is 5.91 Å². The predicted molar refractivity (Wildman–Crippen MR) is 113 cm³/mol. The second-order valence-corrected chi connectivity index (χ2v) is 9.97. The van der Waals surface area contributed by atoms with E-state index in [4.69, 9.17) is 0 Å². The number of aliphatic hydroxyl groups excluding tert-OH is 1. The van der Waals surface area contributed by atoms with Gasteiger partial charge in [-0.15, -0.1) is 23.1 Å². The maximum Gasteiger partial charge on any atom is 0.353 e. The van der Waals surface area contributed by atoms with E-state index in [0.29, 0.717) is 30.2 Å². The summed E-state index contributed by atoms with van der Waals surface area (Å²) in [7, 11) is 0. The van der Waals surface area contributed by atoms with Gasteiger partial charge in [-0.3, -0.25) is 9.59 Å². The number of β-lactam (4-membered cyclic amide) rings is 1. The predicted octanol–water partition coefficient (Wildman–Crippen LogP) is 0.968. The number of carboxylic acids is 1. The van der Waals surface area contributed by atoms with Crippen LogP contribution in [0.1, 0.15) is 31.3 Å². The number of aromatic nitrogens is 1. The molecule has 0 aliphatic carbocycles. The summed E-state index contributed by atoms with van der Waals surface area (Å²) < 4.78 is 0. The third-order valence-corrected chi connectivity index (χ3v) is 8.14. The fraction of sp³-hybridized carbons (Fsp3) is 0.579. The average Bonchev–Trinajstić information content (AvgIpc) is 3.20. The Kier molecular flexibility index (Phi) is 5.54. The Labute approximate surface area is 182 Å². The van der Waals surface area contributed by atoms with E-state index in [1.54, 1.807) is 12.3 Å². The van der Waals surface area contributed by atoms with Crippen molar-refractivity contribution in [1.82, 2.24) is 15.2 Å². The molecule has 0 saturated carbocycles. The number of carboxylic acid groups (broad SMARTS) is 1. The lowest BCUT2D eigenvalue weighted by molar-refractivity contribution is -0.163. The Morgan fingerprint density at radius 2 is 2.13 bits per heavy atom. The minimum atomic E-state index is -1.10. The number of thioether (sulfide) groups is 1. The number of fused-ring (bicyclic) bond motifs is 1. The van der Waals surface area contributed by atoms with Crippen molar-refractivity contribution in [2.75, 3.05) is 24.5 Å². The van der Waals surface area contributed by atoms with Crippen LogP contribution < -0.4 is 10.2 Å². The van der Waals surface area contributed by atoms with E-state index >= 15 is 0 Å². The molecule has 0 bridgehead atoms. The lowest BCUT2D eigenvalue weighted by Crippen LogP contribution is -2.63. The van der Waals surface area contributed by atoms with Gasteiger partial charge in [-0.2, -0.15) is 0 Å². The molecule has 162 valence electrons. The SMILES string of the molecule is CCNC(=O)c1csc(N2CC(SC3=C(C(=O)O)N4C(=O)[C@H]([C@@H](C)O)[C@H]4[C@H]3C)C2)n1. The summed E-state index contributed by atoms with van der Waals surface area (Å²) >= 11 is 2.91. The van der Waals surface area contributed by atoms with Crippen molar-refractivity contribution in [3.05, 3.63) is 21.7 Å². The quantitative estimate of drug-likeness (QED) is 0.523. The normalized spacial score (nSPS) is 26.9. The molecule has 0 radical (unpaired) electrons. The summed E-state index contributed by atoms with van der Waals surface area (Å²) in [4.78, 5) is 44.7. The highest BCUT2D eigenvalue weighted by Gasteiger charge is 2.60. The van der Waals surface area contributed by atoms with Gasteiger partial charge in [0.05, 0.1) is 18.1 Å². The molecular weight excluding hydrogens is 428 g/mol. The number of aliphatic carboxylic acids is 1. The second-order valence-electron chi connectivity index (χ2n) is 7.79. The molecule has 11 heteroatoms. The van der Waals surface area contributed by atoms with Crippen LogP contribution in [0.4, 0.5) is 5.13 Å². The van der Waals surface area contributed by atoms with Gasteiger partial charge in [-0.25, -0.2) is 9.78 Å². The van der Waals surface area contributed by atoms with E-state index < -0.39 is 18.0 Å². The zero-order chi connectivity index (χ0) is 21.7. The molecule has 3 aliphatic rings. The van der Waals surface area contributed by atoms with Crippen molar-refractivity contribution >= 4 is 46.0 Å². The number of hydrogen-bond donors (Lipinski definition) is 3. The van der Waals surface area contributed by atoms with E-state index in [1.807, 2.05) is 13.8 Å². The Hall–Kier alpha value is -2.11. The maximum absolute atomic E-state index is 12.4. The van der Waals surface area contributed by atoms with Gasteiger partial charge in [-0.05, 0) is 13.8 Å². The van der Waals surface area contributed by atoms with Crippen molar-refractivity contribution in [2.45, 2.75) is 38.2 Å². The number of nitrogens with one attached hydrogen (secondary N) is 1. The third kappa shape index (κ3) is 3.28. The number of aliphatic hydroxyl groups is 1. The van der Waals surface area contributed by atoms with Crippen LogP contribution in [-0.2, 0) is 9.59 Å². The summed E-state index contributed by atoms with van der Waals surface area (Å²) in [5, 5.41) is 25.1. The van der Waals surface area contributed by atoms with Crippen LogP contribution in [0, 0.1) is 11.8 Å². The van der Waals surface area contributed by atoms with Crippen LogP contribution in [0.2, 0.25) is 0 Å². The van der Waals surface area contributed by atoms with Crippen molar-refractivity contribution in [3.8, 4) is 0 Å². The zero-order valence-corrected chi connectivity index (χ0v) is 18.5. The molecule has 3 N–H and O–H groups in total. The molecular formula is C19H24N4O5S2. The lowest BCUT2D eigenvalue weighted by atomic mass is 9.79. The van der Waals surface area contributed by atoms with Crippen molar-refractivity contribution in [3.63, 3.8) is 0 Å². The van der Waals surface area contributed by atoms with Crippen LogP contribution in [-0.4, -0.2) is 74.9 Å². The monoisotopic (exact) mass is 452 g/mol. The molecule has 0 aromatic carbocycles. The van der Waals surface area contributed by atoms with Gasteiger partial charge in [0.15, 0.2) is 5.13 Å². The van der Waals surface area contributed by atoms with Gasteiger partial charge in [0.2, 0.25) is 5.91 Å². The average molecular weight is 453 g/mol. The highest BCUT2D eigenvalue weighted by molar-refractivity contribution is 8.03. The number of thiazole rings is 1. The minimum Gasteiger partial charge on any atom is -0.477 e. The van der Waals surface area contributed by atoms with E-state index in [-0.39, 0.29) is 34.7 Å². The summed E-state index contributed by atoms with van der Waals surface area (Å²) in [6.45, 7) is 7.28. The van der Waals surface area contributed by atoms with Gasteiger partial charge in [0.1, 0.15) is 11.4 Å². The molecule has 3 aliphatic heterocycles. The topological polar surface area (TPSA) is 123 Å². The van der Waals surface area contributed by atoms with E-state index in [2.05, 4.69) is 15.2 Å².